The van der Waals surface area contributed by atoms with Gasteiger partial charge in [-0.25, -0.2) is 8.42 Å². The fourth-order valence-electron chi connectivity index (χ4n) is 4.63. The molecule has 6 nitrogen and oxygen atoms in total. The molecule has 3 heterocycles. The van der Waals surface area contributed by atoms with Gasteiger partial charge in [-0.2, -0.15) is 5.10 Å². The average Bonchev–Trinajstić information content (AvgIpc) is 3.14. The number of anilines is 1. The summed E-state index contributed by atoms with van der Waals surface area (Å²) < 4.78 is 25.7. The van der Waals surface area contributed by atoms with Crippen LogP contribution < -0.4 is 4.90 Å². The summed E-state index contributed by atoms with van der Waals surface area (Å²) in [6.45, 7) is 11.3. The molecule has 7 heteroatoms. The molecule has 0 radical (unpaired) electrons. The molecule has 1 unspecified atom stereocenters. The maximum absolute atomic E-state index is 11.9. The van der Waals surface area contributed by atoms with E-state index in [0.717, 1.165) is 44.1 Å². The monoisotopic (exact) mass is 402 g/mol. The molecule has 1 aromatic heterocycles. The van der Waals surface area contributed by atoms with Crippen molar-refractivity contribution in [3.05, 3.63) is 46.8 Å². The number of aryl methyl sites for hydroxylation is 2. The Morgan fingerprint density at radius 3 is 2.50 bits per heavy atom. The lowest BCUT2D eigenvalue weighted by atomic mass is 10.1. The van der Waals surface area contributed by atoms with Gasteiger partial charge in [0, 0.05) is 32.7 Å². The third kappa shape index (κ3) is 3.96. The molecule has 4 rings (SSSR count). The molecule has 2 aliphatic heterocycles. The zero-order chi connectivity index (χ0) is 19.9. The SMILES string of the molecule is Cc1cccc(CN2CCN(c3c(C)nn(C4CCS(=O)(=O)C4)c3C)CC2)c1. The van der Waals surface area contributed by atoms with Gasteiger partial charge in [-0.3, -0.25) is 9.58 Å². The zero-order valence-corrected chi connectivity index (χ0v) is 17.9. The van der Waals surface area contributed by atoms with E-state index in [4.69, 9.17) is 5.10 Å². The quantitative estimate of drug-likeness (QED) is 0.786. The number of benzene rings is 1. The molecule has 2 aliphatic rings. The van der Waals surface area contributed by atoms with Crippen LogP contribution in [0.1, 0.15) is 35.0 Å². The summed E-state index contributed by atoms with van der Waals surface area (Å²) in [5, 5.41) is 4.73. The summed E-state index contributed by atoms with van der Waals surface area (Å²) in [5.41, 5.74) is 5.99. The first-order chi connectivity index (χ1) is 13.3. The van der Waals surface area contributed by atoms with Gasteiger partial charge >= 0.3 is 0 Å². The zero-order valence-electron chi connectivity index (χ0n) is 17.1. The molecule has 2 aromatic rings. The third-order valence-electron chi connectivity index (χ3n) is 6.02. The number of hydrogen-bond donors (Lipinski definition) is 0. The Bertz CT molecular complexity index is 959. The summed E-state index contributed by atoms with van der Waals surface area (Å²) in [6, 6.07) is 8.72. The molecule has 28 heavy (non-hydrogen) atoms. The molecule has 0 amide bonds. The lowest BCUT2D eigenvalue weighted by molar-refractivity contribution is 0.249. The predicted octanol–water partition coefficient (Wildman–Crippen LogP) is 2.49. The molecule has 1 atom stereocenters. The van der Waals surface area contributed by atoms with Crippen molar-refractivity contribution in [2.45, 2.75) is 39.8 Å². The van der Waals surface area contributed by atoms with Crippen LogP contribution in [-0.2, 0) is 16.4 Å². The fourth-order valence-corrected chi connectivity index (χ4v) is 6.33. The van der Waals surface area contributed by atoms with E-state index in [1.807, 2.05) is 11.6 Å². The number of piperazine rings is 1. The Labute approximate surface area is 168 Å². The predicted molar refractivity (Wildman–Crippen MR) is 113 cm³/mol. The van der Waals surface area contributed by atoms with Crippen molar-refractivity contribution in [3.63, 3.8) is 0 Å². The molecule has 0 saturated carbocycles. The number of nitrogens with zero attached hydrogens (tertiary/aromatic N) is 4. The minimum atomic E-state index is -2.91. The summed E-state index contributed by atoms with van der Waals surface area (Å²) in [7, 11) is -2.91. The van der Waals surface area contributed by atoms with Crippen molar-refractivity contribution in [1.29, 1.82) is 0 Å². The van der Waals surface area contributed by atoms with Gasteiger partial charge in [-0.05, 0) is 32.8 Å². The lowest BCUT2D eigenvalue weighted by Crippen LogP contribution is -2.46. The van der Waals surface area contributed by atoms with Crippen molar-refractivity contribution in [3.8, 4) is 0 Å². The van der Waals surface area contributed by atoms with Crippen molar-refractivity contribution in [2.24, 2.45) is 0 Å². The van der Waals surface area contributed by atoms with Crippen LogP contribution >= 0.6 is 0 Å². The Morgan fingerprint density at radius 1 is 1.11 bits per heavy atom. The molecular weight excluding hydrogens is 372 g/mol. The van der Waals surface area contributed by atoms with Crippen LogP contribution in [-0.4, -0.2) is 60.8 Å². The second kappa shape index (κ2) is 7.52. The van der Waals surface area contributed by atoms with E-state index in [1.165, 1.54) is 16.8 Å². The Kier molecular flexibility index (Phi) is 5.22. The number of aromatic nitrogens is 2. The highest BCUT2D eigenvalue weighted by Crippen LogP contribution is 2.31. The topological polar surface area (TPSA) is 58.4 Å². The molecule has 2 saturated heterocycles. The molecule has 0 bridgehead atoms. The molecular formula is C21H30N4O2S. The van der Waals surface area contributed by atoms with Crippen molar-refractivity contribution >= 4 is 15.5 Å². The summed E-state index contributed by atoms with van der Waals surface area (Å²) >= 11 is 0. The summed E-state index contributed by atoms with van der Waals surface area (Å²) in [4.78, 5) is 4.92. The molecule has 0 N–H and O–H groups in total. The Balaban J connectivity index is 1.43. The van der Waals surface area contributed by atoms with Gasteiger partial charge in [0.25, 0.3) is 0 Å². The summed E-state index contributed by atoms with van der Waals surface area (Å²) in [6.07, 6.45) is 0.675. The first-order valence-corrected chi connectivity index (χ1v) is 11.9. The van der Waals surface area contributed by atoms with Crippen LogP contribution in [0.5, 0.6) is 0 Å². The summed E-state index contributed by atoms with van der Waals surface area (Å²) in [5.74, 6) is 0.502. The maximum Gasteiger partial charge on any atom is 0.152 e. The maximum atomic E-state index is 11.9. The second-order valence-electron chi connectivity index (χ2n) is 8.27. The van der Waals surface area contributed by atoms with Gasteiger partial charge in [0.2, 0.25) is 0 Å². The highest BCUT2D eigenvalue weighted by molar-refractivity contribution is 7.91. The number of rotatable bonds is 4. The van der Waals surface area contributed by atoms with E-state index in [2.05, 4.69) is 47.9 Å². The smallest absolute Gasteiger partial charge is 0.152 e. The Morgan fingerprint density at radius 2 is 1.86 bits per heavy atom. The van der Waals surface area contributed by atoms with E-state index in [9.17, 15) is 8.42 Å². The van der Waals surface area contributed by atoms with Gasteiger partial charge in [0.1, 0.15) is 0 Å². The van der Waals surface area contributed by atoms with E-state index < -0.39 is 9.84 Å². The van der Waals surface area contributed by atoms with Crippen molar-refractivity contribution in [2.75, 3.05) is 42.6 Å². The van der Waals surface area contributed by atoms with Crippen molar-refractivity contribution < 1.29 is 8.42 Å². The van der Waals surface area contributed by atoms with E-state index in [1.54, 1.807) is 0 Å². The average molecular weight is 403 g/mol. The third-order valence-corrected chi connectivity index (χ3v) is 7.77. The van der Waals surface area contributed by atoms with Gasteiger partial charge in [-0.15, -0.1) is 0 Å². The van der Waals surface area contributed by atoms with Crippen LogP contribution in [0, 0.1) is 20.8 Å². The standard InChI is InChI=1S/C21H30N4O2S/c1-16-5-4-6-19(13-16)14-23-8-10-24(11-9-23)21-17(2)22-25(18(21)3)20-7-12-28(26,27)15-20/h4-6,13,20H,7-12,14-15H2,1-3H3. The molecule has 0 aliphatic carbocycles. The number of sulfone groups is 1. The van der Waals surface area contributed by atoms with Gasteiger partial charge in [0.15, 0.2) is 9.84 Å². The van der Waals surface area contributed by atoms with Crippen LogP contribution in [0.15, 0.2) is 24.3 Å². The molecule has 0 spiro atoms. The first kappa shape index (κ1) is 19.5. The minimum Gasteiger partial charge on any atom is -0.366 e. The van der Waals surface area contributed by atoms with Gasteiger partial charge < -0.3 is 4.90 Å². The highest BCUT2D eigenvalue weighted by Gasteiger charge is 2.32. The van der Waals surface area contributed by atoms with Crippen LogP contribution in [0.3, 0.4) is 0 Å². The van der Waals surface area contributed by atoms with Crippen LogP contribution in [0.4, 0.5) is 5.69 Å². The number of hydrogen-bond acceptors (Lipinski definition) is 5. The fraction of sp³-hybridized carbons (Fsp3) is 0.571. The second-order valence-corrected chi connectivity index (χ2v) is 10.5. The molecule has 2 fully saturated rings. The van der Waals surface area contributed by atoms with Gasteiger partial charge in [0.05, 0.1) is 34.6 Å². The van der Waals surface area contributed by atoms with Crippen LogP contribution in [0.2, 0.25) is 0 Å². The highest BCUT2D eigenvalue weighted by atomic mass is 32.2. The van der Waals surface area contributed by atoms with E-state index in [0.29, 0.717) is 6.42 Å². The first-order valence-electron chi connectivity index (χ1n) is 10.1. The van der Waals surface area contributed by atoms with E-state index in [-0.39, 0.29) is 17.5 Å². The van der Waals surface area contributed by atoms with Crippen molar-refractivity contribution in [1.82, 2.24) is 14.7 Å². The normalized spacial score (nSPS) is 22.7. The Hall–Kier alpha value is -1.86. The minimum absolute atomic E-state index is 0.0138. The molecule has 1 aromatic carbocycles. The molecule has 152 valence electrons. The van der Waals surface area contributed by atoms with E-state index >= 15 is 0 Å². The van der Waals surface area contributed by atoms with Gasteiger partial charge in [-0.1, -0.05) is 29.8 Å². The van der Waals surface area contributed by atoms with Crippen LogP contribution in [0.25, 0.3) is 0 Å². The largest absolute Gasteiger partial charge is 0.366 e. The lowest BCUT2D eigenvalue weighted by Gasteiger charge is -2.36.